The lowest BCUT2D eigenvalue weighted by molar-refractivity contribution is 0.0964. The number of nitrogens with one attached hydrogen (secondary N) is 1. The molecule has 0 atom stereocenters. The summed E-state index contributed by atoms with van der Waals surface area (Å²) in [4.78, 5) is 13.7. The molecular weight excluding hydrogens is 279 g/mol. The number of benzene rings is 1. The van der Waals surface area contributed by atoms with Crippen LogP contribution in [0.5, 0.6) is 0 Å². The first-order chi connectivity index (χ1) is 9.52. The van der Waals surface area contributed by atoms with Crippen molar-refractivity contribution in [3.8, 4) is 0 Å². The average Bonchev–Trinajstić information content (AvgIpc) is 2.82. The van der Waals surface area contributed by atoms with Gasteiger partial charge < -0.3 is 16.0 Å². The van der Waals surface area contributed by atoms with E-state index >= 15 is 0 Å². The molecule has 0 saturated heterocycles. The van der Waals surface area contributed by atoms with Crippen LogP contribution in [0.4, 0.5) is 15.2 Å². The van der Waals surface area contributed by atoms with Crippen LogP contribution in [0.1, 0.15) is 15.9 Å². The maximum atomic E-state index is 12.9. The molecule has 1 heterocycles. The highest BCUT2D eigenvalue weighted by Gasteiger charge is 2.21. The highest BCUT2D eigenvalue weighted by atomic mass is 32.1. The number of nitrogens with zero attached hydrogens (tertiary/aromatic N) is 2. The van der Waals surface area contributed by atoms with E-state index in [4.69, 9.17) is 5.73 Å². The number of carbonyl (C=O) groups excluding carboxylic acids is 1. The molecule has 0 spiro atoms. The summed E-state index contributed by atoms with van der Waals surface area (Å²) in [6.45, 7) is 0.534. The molecule has 106 valence electrons. The van der Waals surface area contributed by atoms with Crippen LogP contribution in [0.3, 0.4) is 0 Å². The van der Waals surface area contributed by atoms with E-state index in [1.165, 1.54) is 23.7 Å². The molecule has 0 fully saturated rings. The second kappa shape index (κ2) is 5.87. The summed E-state index contributed by atoms with van der Waals surface area (Å²) in [6, 6.07) is 6.22. The van der Waals surface area contributed by atoms with Gasteiger partial charge in [-0.05, 0) is 29.2 Å². The predicted octanol–water partition coefficient (Wildman–Crippen LogP) is 1.86. The standard InChI is InChI=1S/C13H15FN4OS/c1-16-12(19)10-11(15)17-20-13(10)18(2)7-8-3-5-9(14)6-4-8/h3-6H,7H2,1-2H3,(H2,15,17)(H,16,19). The number of anilines is 2. The van der Waals surface area contributed by atoms with Crippen LogP contribution in [0.25, 0.3) is 0 Å². The minimum atomic E-state index is -0.274. The number of nitrogens with two attached hydrogens (primary N) is 1. The number of rotatable bonds is 4. The van der Waals surface area contributed by atoms with Gasteiger partial charge in [-0.1, -0.05) is 12.1 Å². The number of hydrogen-bond acceptors (Lipinski definition) is 5. The lowest BCUT2D eigenvalue weighted by Gasteiger charge is -2.18. The van der Waals surface area contributed by atoms with E-state index in [2.05, 4.69) is 9.69 Å². The van der Waals surface area contributed by atoms with E-state index in [1.807, 2.05) is 11.9 Å². The van der Waals surface area contributed by atoms with Gasteiger partial charge in [-0.2, -0.15) is 4.37 Å². The van der Waals surface area contributed by atoms with Crippen molar-refractivity contribution in [1.29, 1.82) is 0 Å². The van der Waals surface area contributed by atoms with E-state index in [-0.39, 0.29) is 17.5 Å². The number of nitrogen functional groups attached to an aromatic ring is 1. The topological polar surface area (TPSA) is 71.2 Å². The number of hydrogen-bond donors (Lipinski definition) is 2. The zero-order valence-electron chi connectivity index (χ0n) is 11.2. The molecule has 3 N–H and O–H groups in total. The van der Waals surface area contributed by atoms with Gasteiger partial charge in [0.2, 0.25) is 0 Å². The Kier molecular flexibility index (Phi) is 4.19. The van der Waals surface area contributed by atoms with Gasteiger partial charge in [0, 0.05) is 20.6 Å². The zero-order chi connectivity index (χ0) is 14.7. The Labute approximate surface area is 120 Å². The van der Waals surface area contributed by atoms with E-state index in [0.29, 0.717) is 17.1 Å². The smallest absolute Gasteiger partial charge is 0.257 e. The normalized spacial score (nSPS) is 10.3. The van der Waals surface area contributed by atoms with Crippen molar-refractivity contribution in [2.45, 2.75) is 6.54 Å². The summed E-state index contributed by atoms with van der Waals surface area (Å²) in [6.07, 6.45) is 0. The average molecular weight is 294 g/mol. The molecule has 7 heteroatoms. The van der Waals surface area contributed by atoms with Gasteiger partial charge in [0.05, 0.1) is 0 Å². The number of halogens is 1. The number of aromatic nitrogens is 1. The molecule has 20 heavy (non-hydrogen) atoms. The van der Waals surface area contributed by atoms with Gasteiger partial charge in [0.25, 0.3) is 5.91 Å². The van der Waals surface area contributed by atoms with Crippen LogP contribution in [0.15, 0.2) is 24.3 Å². The largest absolute Gasteiger partial charge is 0.382 e. The molecule has 2 rings (SSSR count). The lowest BCUT2D eigenvalue weighted by atomic mass is 10.2. The third kappa shape index (κ3) is 2.88. The Morgan fingerprint density at radius 1 is 1.45 bits per heavy atom. The second-order valence-electron chi connectivity index (χ2n) is 4.31. The molecule has 0 aliphatic heterocycles. The molecule has 0 aliphatic rings. The van der Waals surface area contributed by atoms with E-state index < -0.39 is 0 Å². The fourth-order valence-corrected chi connectivity index (χ4v) is 2.60. The summed E-state index contributed by atoms with van der Waals surface area (Å²) in [5.74, 6) is -0.322. The molecule has 2 aromatic rings. The van der Waals surface area contributed by atoms with Crippen LogP contribution in [0, 0.1) is 5.82 Å². The van der Waals surface area contributed by atoms with Gasteiger partial charge in [0.1, 0.15) is 16.4 Å². The van der Waals surface area contributed by atoms with Crippen molar-refractivity contribution in [2.24, 2.45) is 0 Å². The first-order valence-corrected chi connectivity index (χ1v) is 6.73. The molecule has 0 aliphatic carbocycles. The van der Waals surface area contributed by atoms with Crippen molar-refractivity contribution < 1.29 is 9.18 Å². The predicted molar refractivity (Wildman–Crippen MR) is 78.4 cm³/mol. The fourth-order valence-electron chi connectivity index (χ4n) is 1.83. The summed E-state index contributed by atoms with van der Waals surface area (Å²) in [5.41, 5.74) is 7.04. The highest BCUT2D eigenvalue weighted by molar-refractivity contribution is 7.11. The SMILES string of the molecule is CNC(=O)c1c(N)nsc1N(C)Cc1ccc(F)cc1. The van der Waals surface area contributed by atoms with E-state index in [1.54, 1.807) is 19.2 Å². The van der Waals surface area contributed by atoms with Crippen LogP contribution in [-0.4, -0.2) is 24.4 Å². The summed E-state index contributed by atoms with van der Waals surface area (Å²) < 4.78 is 16.9. The molecule has 0 bridgehead atoms. The van der Waals surface area contributed by atoms with Crippen LogP contribution in [0.2, 0.25) is 0 Å². The highest BCUT2D eigenvalue weighted by Crippen LogP contribution is 2.30. The molecule has 0 unspecified atom stereocenters. The van der Waals surface area contributed by atoms with Crippen LogP contribution in [-0.2, 0) is 6.54 Å². The summed E-state index contributed by atoms with van der Waals surface area (Å²) >= 11 is 1.17. The molecule has 1 amide bonds. The molecule has 0 radical (unpaired) electrons. The van der Waals surface area contributed by atoms with Crippen LogP contribution < -0.4 is 16.0 Å². The van der Waals surface area contributed by atoms with E-state index in [0.717, 1.165) is 5.56 Å². The third-order valence-electron chi connectivity index (χ3n) is 2.83. The summed E-state index contributed by atoms with van der Waals surface area (Å²) in [5, 5.41) is 3.23. The molecular formula is C13H15FN4OS. The second-order valence-corrected chi connectivity index (χ2v) is 5.06. The van der Waals surface area contributed by atoms with Crippen LogP contribution >= 0.6 is 11.5 Å². The van der Waals surface area contributed by atoms with Gasteiger partial charge in [-0.3, -0.25) is 4.79 Å². The zero-order valence-corrected chi connectivity index (χ0v) is 12.0. The Morgan fingerprint density at radius 3 is 2.70 bits per heavy atom. The maximum absolute atomic E-state index is 12.9. The van der Waals surface area contributed by atoms with Gasteiger partial charge in [0.15, 0.2) is 5.82 Å². The first-order valence-electron chi connectivity index (χ1n) is 5.95. The molecule has 1 aromatic carbocycles. The Hall–Kier alpha value is -2.15. The minimum absolute atomic E-state index is 0.218. The fraction of sp³-hybridized carbons (Fsp3) is 0.231. The first kappa shape index (κ1) is 14.3. The maximum Gasteiger partial charge on any atom is 0.257 e. The van der Waals surface area contributed by atoms with Crippen molar-refractivity contribution in [2.75, 3.05) is 24.7 Å². The third-order valence-corrected chi connectivity index (χ3v) is 3.81. The molecule has 0 saturated carbocycles. The lowest BCUT2D eigenvalue weighted by Crippen LogP contribution is -2.23. The van der Waals surface area contributed by atoms with Crippen molar-refractivity contribution in [3.05, 3.63) is 41.2 Å². The Balaban J connectivity index is 2.23. The van der Waals surface area contributed by atoms with Gasteiger partial charge >= 0.3 is 0 Å². The Bertz CT molecular complexity index is 611. The number of amides is 1. The quantitative estimate of drug-likeness (QED) is 0.903. The van der Waals surface area contributed by atoms with E-state index in [9.17, 15) is 9.18 Å². The van der Waals surface area contributed by atoms with Gasteiger partial charge in [-0.15, -0.1) is 0 Å². The number of carbonyl (C=O) groups is 1. The Morgan fingerprint density at radius 2 is 2.10 bits per heavy atom. The monoisotopic (exact) mass is 294 g/mol. The van der Waals surface area contributed by atoms with Crippen molar-refractivity contribution in [3.63, 3.8) is 0 Å². The van der Waals surface area contributed by atoms with Gasteiger partial charge in [-0.25, -0.2) is 4.39 Å². The molecule has 5 nitrogen and oxygen atoms in total. The van der Waals surface area contributed by atoms with Crippen molar-refractivity contribution in [1.82, 2.24) is 9.69 Å². The van der Waals surface area contributed by atoms with Crippen molar-refractivity contribution >= 4 is 28.3 Å². The minimum Gasteiger partial charge on any atom is -0.382 e. The summed E-state index contributed by atoms with van der Waals surface area (Å²) in [7, 11) is 3.38. The molecule has 1 aromatic heterocycles.